The van der Waals surface area contributed by atoms with Gasteiger partial charge in [-0.05, 0) is 74.5 Å². The Kier molecular flexibility index (Phi) is 25.8. The molecule has 22 nitrogen and oxygen atoms in total. The number of carbonyl (C=O) groups is 9. The first kappa shape index (κ1) is 60.5. The van der Waals surface area contributed by atoms with E-state index < -0.39 is 96.2 Å². The van der Waals surface area contributed by atoms with Crippen LogP contribution in [0.2, 0.25) is 0 Å². The van der Waals surface area contributed by atoms with Crippen LogP contribution in [0.25, 0.3) is 10.9 Å². The van der Waals surface area contributed by atoms with Crippen molar-refractivity contribution in [3.8, 4) is 11.6 Å². The van der Waals surface area contributed by atoms with Gasteiger partial charge in [0.15, 0.2) is 0 Å². The molecule has 1 unspecified atom stereocenters. The van der Waals surface area contributed by atoms with Crippen molar-refractivity contribution in [1.29, 1.82) is 0 Å². The number of hydrogen-bond donors (Lipinski definition) is 8. The number of aliphatic hydroxyl groups excluding tert-OH is 1. The summed E-state index contributed by atoms with van der Waals surface area (Å²) in [5, 5.41) is 26.9. The van der Waals surface area contributed by atoms with Crippen molar-refractivity contribution in [1.82, 2.24) is 36.9 Å². The highest BCUT2D eigenvalue weighted by Gasteiger charge is 2.34. The lowest BCUT2D eigenvalue weighted by molar-refractivity contribution is -0.147. The molecule has 0 spiro atoms. The normalized spacial score (nSPS) is 14.3. The molecule has 7 atom stereocenters. The van der Waals surface area contributed by atoms with Gasteiger partial charge in [0.05, 0.1) is 45.5 Å². The molecule has 0 fully saturated rings. The zero-order valence-electron chi connectivity index (χ0n) is 42.9. The molecular weight excluding hydrogens is 925 g/mol. The summed E-state index contributed by atoms with van der Waals surface area (Å²) in [6.07, 6.45) is -0.976. The largest absolute Gasteiger partial charge is 0.494 e. The number of aromatic nitrogens is 1. The van der Waals surface area contributed by atoms with Crippen molar-refractivity contribution in [2.45, 2.75) is 150 Å². The molecule has 0 aliphatic heterocycles. The van der Waals surface area contributed by atoms with Crippen molar-refractivity contribution >= 4 is 64.2 Å². The molecular formula is C49H76N8O14. The maximum Gasteiger partial charge on any atom is 0.328 e. The number of esters is 2. The van der Waals surface area contributed by atoms with Gasteiger partial charge in [-0.2, -0.15) is 0 Å². The van der Waals surface area contributed by atoms with Gasteiger partial charge < -0.3 is 61.7 Å². The zero-order valence-corrected chi connectivity index (χ0v) is 42.9. The van der Waals surface area contributed by atoms with Gasteiger partial charge in [-0.25, -0.2) is 14.6 Å². The molecule has 71 heavy (non-hydrogen) atoms. The van der Waals surface area contributed by atoms with E-state index in [9.17, 15) is 48.3 Å². The van der Waals surface area contributed by atoms with E-state index in [1.54, 1.807) is 65.8 Å². The molecule has 396 valence electrons. The number of nitrogens with two attached hydrogens (primary N) is 1. The second-order valence-electron chi connectivity index (χ2n) is 18.9. The average Bonchev–Trinajstić information content (AvgIpc) is 3.29. The van der Waals surface area contributed by atoms with Crippen LogP contribution in [0, 0.1) is 23.7 Å². The van der Waals surface area contributed by atoms with Gasteiger partial charge in [0, 0.05) is 30.4 Å². The standard InChI is InChI=1S/C49H76N8O14/c1-26(2)22-34(44(62)54-36(25-37(50)59)48(66)68-10)53-47(65)43(30(9)58)56-39(61)14-12-20-70-32-18-16-31-17-19-40(51-33(31)24-32)71-21-13-15-38(60)55-41(28(5)6)46(64)52-35(23-27(3)4)45(63)57-42(29(7)8)49(67)69-11/h16-19,24,26-30,34-36,41-43,58H,12-15,20-23,25H2,1-11H3,(H2,50,59)(H,52,64)(H,53,65)(H,54,62)(H,55,60)(H,56,61)(H,57,63)/t30?,34-,35-,36-,41-,42-,43-/m0/s1. The highest BCUT2D eigenvalue weighted by molar-refractivity contribution is 5.95. The lowest BCUT2D eigenvalue weighted by atomic mass is 9.98. The molecule has 2 rings (SSSR count). The fraction of sp³-hybridized carbons (Fsp3) is 0.633. The van der Waals surface area contributed by atoms with Gasteiger partial charge in [-0.3, -0.25) is 33.6 Å². The van der Waals surface area contributed by atoms with Gasteiger partial charge in [-0.15, -0.1) is 0 Å². The van der Waals surface area contributed by atoms with Crippen LogP contribution in [-0.2, 0) is 52.6 Å². The summed E-state index contributed by atoms with van der Waals surface area (Å²) in [6.45, 7) is 16.0. The lowest BCUT2D eigenvalue weighted by Crippen LogP contribution is -2.58. The Morgan fingerprint density at radius 3 is 1.55 bits per heavy atom. The van der Waals surface area contributed by atoms with E-state index in [1.165, 1.54) is 14.0 Å². The number of carbonyl (C=O) groups excluding carboxylic acids is 9. The Morgan fingerprint density at radius 1 is 0.577 bits per heavy atom. The number of pyridine rings is 1. The summed E-state index contributed by atoms with van der Waals surface area (Å²) >= 11 is 0. The van der Waals surface area contributed by atoms with E-state index >= 15 is 0 Å². The molecule has 0 aliphatic carbocycles. The first-order chi connectivity index (χ1) is 33.4. The Hall–Kier alpha value is -6.58. The number of rotatable bonds is 31. The highest BCUT2D eigenvalue weighted by atomic mass is 16.5. The minimum absolute atomic E-state index is 0.0275. The van der Waals surface area contributed by atoms with Crippen molar-refractivity contribution in [3.63, 3.8) is 0 Å². The number of aliphatic hydroxyl groups is 1. The first-order valence-corrected chi connectivity index (χ1v) is 24.0. The maximum atomic E-state index is 13.5. The molecule has 0 aliphatic rings. The molecule has 2 aromatic rings. The third-order valence-corrected chi connectivity index (χ3v) is 10.9. The number of methoxy groups -OCH3 is 2. The lowest BCUT2D eigenvalue weighted by Gasteiger charge is -2.28. The molecule has 0 radical (unpaired) electrons. The first-order valence-electron chi connectivity index (χ1n) is 24.0. The molecule has 0 saturated carbocycles. The highest BCUT2D eigenvalue weighted by Crippen LogP contribution is 2.23. The molecule has 1 aromatic heterocycles. The van der Waals surface area contributed by atoms with Crippen LogP contribution < -0.4 is 47.1 Å². The number of nitrogens with zero attached hydrogens (tertiary/aromatic N) is 1. The van der Waals surface area contributed by atoms with Gasteiger partial charge in [0.1, 0.15) is 42.0 Å². The van der Waals surface area contributed by atoms with Gasteiger partial charge in [0.25, 0.3) is 0 Å². The fourth-order valence-corrected chi connectivity index (χ4v) is 7.13. The SMILES string of the molecule is COC(=O)[C@H](CC(N)=O)NC(=O)[C@H](CC(C)C)NC(=O)[C@@H](NC(=O)CCCOc1ccc2ccc(OCCCC(=O)N[C@H](C(=O)N[C@@H](CC(C)C)C(=O)N[C@H](C(=O)OC)C(C)C)C(C)C)nc2c1)C(C)O. The van der Waals surface area contributed by atoms with Crippen LogP contribution >= 0.6 is 0 Å². The molecule has 0 bridgehead atoms. The molecule has 9 N–H and O–H groups in total. The van der Waals surface area contributed by atoms with E-state index in [4.69, 9.17) is 19.9 Å². The number of ether oxygens (including phenoxy) is 4. The minimum Gasteiger partial charge on any atom is -0.494 e. The number of hydrogen-bond acceptors (Lipinski definition) is 15. The Bertz CT molecular complexity index is 2130. The smallest absolute Gasteiger partial charge is 0.328 e. The van der Waals surface area contributed by atoms with Crippen LogP contribution in [0.5, 0.6) is 11.6 Å². The summed E-state index contributed by atoms with van der Waals surface area (Å²) in [6, 6.07) is 1.93. The molecule has 22 heteroatoms. The summed E-state index contributed by atoms with van der Waals surface area (Å²) in [5.41, 5.74) is 5.77. The number of benzene rings is 1. The predicted molar refractivity (Wildman–Crippen MR) is 261 cm³/mol. The number of fused-ring (bicyclic) bond motifs is 1. The van der Waals surface area contributed by atoms with Gasteiger partial charge in [0.2, 0.25) is 47.2 Å². The summed E-state index contributed by atoms with van der Waals surface area (Å²) in [7, 11) is 2.32. The van der Waals surface area contributed by atoms with E-state index in [-0.39, 0.29) is 68.5 Å². The average molecular weight is 1000 g/mol. The van der Waals surface area contributed by atoms with Crippen LogP contribution in [0.15, 0.2) is 30.3 Å². The predicted octanol–water partition coefficient (Wildman–Crippen LogP) is 1.47. The Morgan fingerprint density at radius 2 is 1.06 bits per heavy atom. The number of amides is 7. The van der Waals surface area contributed by atoms with Gasteiger partial charge >= 0.3 is 11.9 Å². The summed E-state index contributed by atoms with van der Waals surface area (Å²) in [4.78, 5) is 120. The topological polar surface area (TPSA) is 322 Å². The third-order valence-electron chi connectivity index (χ3n) is 10.9. The maximum absolute atomic E-state index is 13.5. The quantitative estimate of drug-likeness (QED) is 0.0392. The van der Waals surface area contributed by atoms with Crippen molar-refractivity contribution in [2.24, 2.45) is 29.4 Å². The van der Waals surface area contributed by atoms with Crippen LogP contribution in [0.1, 0.15) is 107 Å². The second-order valence-corrected chi connectivity index (χ2v) is 18.9. The molecule has 0 saturated heterocycles. The van der Waals surface area contributed by atoms with Crippen LogP contribution in [-0.4, -0.2) is 133 Å². The molecule has 7 amide bonds. The van der Waals surface area contributed by atoms with E-state index in [2.05, 4.69) is 41.6 Å². The fourth-order valence-electron chi connectivity index (χ4n) is 7.13. The Labute approximate surface area is 415 Å². The second kappa shape index (κ2) is 30.2. The zero-order chi connectivity index (χ0) is 53.5. The number of primary amides is 1. The van der Waals surface area contributed by atoms with E-state index in [0.717, 1.165) is 12.5 Å². The molecule has 1 aromatic carbocycles. The van der Waals surface area contributed by atoms with Gasteiger partial charge in [-0.1, -0.05) is 55.4 Å². The number of nitrogens with one attached hydrogen (secondary N) is 6. The van der Waals surface area contributed by atoms with Crippen molar-refractivity contribution < 1.29 is 67.2 Å². The summed E-state index contributed by atoms with van der Waals surface area (Å²) in [5.74, 6) is -5.90. The Balaban J connectivity index is 1.94. The monoisotopic (exact) mass is 1000 g/mol. The summed E-state index contributed by atoms with van der Waals surface area (Å²) < 4.78 is 21.2. The van der Waals surface area contributed by atoms with Crippen LogP contribution in [0.4, 0.5) is 0 Å². The van der Waals surface area contributed by atoms with Crippen molar-refractivity contribution in [2.75, 3.05) is 27.4 Å². The van der Waals surface area contributed by atoms with E-state index in [1.807, 2.05) is 19.9 Å². The molecule has 1 heterocycles. The van der Waals surface area contributed by atoms with Crippen LogP contribution in [0.3, 0.4) is 0 Å². The minimum atomic E-state index is -1.43. The van der Waals surface area contributed by atoms with Crippen molar-refractivity contribution in [3.05, 3.63) is 30.3 Å². The van der Waals surface area contributed by atoms with E-state index in [0.29, 0.717) is 30.0 Å². The third kappa shape index (κ3) is 21.5.